The molecule has 2 rings (SSSR count). The number of benzene rings is 1. The lowest BCUT2D eigenvalue weighted by molar-refractivity contribution is -0.140. The Hall–Kier alpha value is -1.84. The van der Waals surface area contributed by atoms with Gasteiger partial charge in [0.1, 0.15) is 6.04 Å². The van der Waals surface area contributed by atoms with E-state index in [2.05, 4.69) is 17.4 Å². The fourth-order valence-corrected chi connectivity index (χ4v) is 3.64. The number of rotatable bonds is 8. The summed E-state index contributed by atoms with van der Waals surface area (Å²) in [4.78, 5) is 27.1. The van der Waals surface area contributed by atoms with Gasteiger partial charge in [-0.25, -0.2) is 0 Å². The lowest BCUT2D eigenvalue weighted by Gasteiger charge is -2.32. The predicted octanol–water partition coefficient (Wildman–Crippen LogP) is 3.70. The van der Waals surface area contributed by atoms with Gasteiger partial charge in [0.25, 0.3) is 0 Å². The van der Waals surface area contributed by atoms with Crippen molar-refractivity contribution >= 4 is 11.8 Å². The van der Waals surface area contributed by atoms with Crippen LogP contribution in [0.2, 0.25) is 0 Å². The van der Waals surface area contributed by atoms with Crippen LogP contribution in [0.1, 0.15) is 64.4 Å². The number of hydrogen-bond acceptors (Lipinski definition) is 2. The summed E-state index contributed by atoms with van der Waals surface area (Å²) in [7, 11) is 0. The van der Waals surface area contributed by atoms with Crippen LogP contribution in [-0.2, 0) is 16.0 Å². The summed E-state index contributed by atoms with van der Waals surface area (Å²) in [5.74, 6) is 0.0748. The lowest BCUT2D eigenvalue weighted by atomic mass is 9.95. The highest BCUT2D eigenvalue weighted by atomic mass is 16.2. The Bertz CT molecular complexity index is 538. The smallest absolute Gasteiger partial charge is 0.243 e. The SMILES string of the molecule is CCC(=O)N(CCc1ccccc1)[C@H](CC)C(=O)NC1CCCCC1. The van der Waals surface area contributed by atoms with E-state index in [0.29, 0.717) is 19.4 Å². The largest absolute Gasteiger partial charge is 0.352 e. The highest BCUT2D eigenvalue weighted by molar-refractivity contribution is 5.87. The van der Waals surface area contributed by atoms with Crippen molar-refractivity contribution < 1.29 is 9.59 Å². The number of nitrogens with zero attached hydrogens (tertiary/aromatic N) is 1. The number of carbonyl (C=O) groups is 2. The number of nitrogens with one attached hydrogen (secondary N) is 1. The Kier molecular flexibility index (Phi) is 7.96. The van der Waals surface area contributed by atoms with Crippen molar-refractivity contribution in [1.82, 2.24) is 10.2 Å². The number of amides is 2. The third-order valence-electron chi connectivity index (χ3n) is 5.12. The monoisotopic (exact) mass is 344 g/mol. The van der Waals surface area contributed by atoms with Crippen LogP contribution in [0.3, 0.4) is 0 Å². The molecule has 25 heavy (non-hydrogen) atoms. The van der Waals surface area contributed by atoms with E-state index in [-0.39, 0.29) is 23.9 Å². The summed E-state index contributed by atoms with van der Waals surface area (Å²) in [6.45, 7) is 4.44. The van der Waals surface area contributed by atoms with E-state index < -0.39 is 0 Å². The molecule has 0 aliphatic heterocycles. The molecule has 1 aliphatic carbocycles. The zero-order valence-corrected chi connectivity index (χ0v) is 15.7. The Labute approximate surface area is 152 Å². The Morgan fingerprint density at radius 1 is 1.12 bits per heavy atom. The summed E-state index contributed by atoms with van der Waals surface area (Å²) in [5, 5.41) is 3.19. The quantitative estimate of drug-likeness (QED) is 0.782. The second-order valence-electron chi connectivity index (χ2n) is 6.94. The molecule has 0 spiro atoms. The van der Waals surface area contributed by atoms with E-state index in [0.717, 1.165) is 19.3 Å². The molecule has 0 saturated heterocycles. The molecule has 1 fully saturated rings. The molecule has 0 unspecified atom stereocenters. The van der Waals surface area contributed by atoms with Gasteiger partial charge < -0.3 is 10.2 Å². The van der Waals surface area contributed by atoms with Crippen molar-refractivity contribution in [3.63, 3.8) is 0 Å². The first-order valence-corrected chi connectivity index (χ1v) is 9.79. The van der Waals surface area contributed by atoms with Crippen LogP contribution in [-0.4, -0.2) is 35.3 Å². The number of carbonyl (C=O) groups excluding carboxylic acids is 2. The van der Waals surface area contributed by atoms with E-state index in [4.69, 9.17) is 0 Å². The topological polar surface area (TPSA) is 49.4 Å². The van der Waals surface area contributed by atoms with Crippen LogP contribution in [0.4, 0.5) is 0 Å². The van der Waals surface area contributed by atoms with Gasteiger partial charge in [0.15, 0.2) is 0 Å². The van der Waals surface area contributed by atoms with Crippen molar-refractivity contribution in [2.24, 2.45) is 0 Å². The molecule has 2 amide bonds. The molecular formula is C21H32N2O2. The van der Waals surface area contributed by atoms with Crippen LogP contribution in [0, 0.1) is 0 Å². The van der Waals surface area contributed by atoms with Crippen LogP contribution < -0.4 is 5.32 Å². The van der Waals surface area contributed by atoms with E-state index >= 15 is 0 Å². The average Bonchev–Trinajstić information content (AvgIpc) is 2.66. The molecule has 4 heteroatoms. The van der Waals surface area contributed by atoms with Gasteiger partial charge in [-0.05, 0) is 31.2 Å². The molecular weight excluding hydrogens is 312 g/mol. The Morgan fingerprint density at radius 2 is 1.80 bits per heavy atom. The van der Waals surface area contributed by atoms with Gasteiger partial charge in [0, 0.05) is 19.0 Å². The highest BCUT2D eigenvalue weighted by Gasteiger charge is 2.29. The van der Waals surface area contributed by atoms with Crippen LogP contribution in [0.15, 0.2) is 30.3 Å². The fraction of sp³-hybridized carbons (Fsp3) is 0.619. The summed E-state index contributed by atoms with van der Waals surface area (Å²) < 4.78 is 0. The van der Waals surface area contributed by atoms with E-state index in [9.17, 15) is 9.59 Å². The average molecular weight is 344 g/mol. The molecule has 0 heterocycles. The number of hydrogen-bond donors (Lipinski definition) is 1. The lowest BCUT2D eigenvalue weighted by Crippen LogP contribution is -2.52. The molecule has 1 aliphatic rings. The minimum Gasteiger partial charge on any atom is -0.352 e. The van der Waals surface area contributed by atoms with Gasteiger partial charge in [0.2, 0.25) is 11.8 Å². The molecule has 1 saturated carbocycles. The molecule has 1 aromatic rings. The van der Waals surface area contributed by atoms with E-state index in [1.807, 2.05) is 32.0 Å². The van der Waals surface area contributed by atoms with Gasteiger partial charge in [-0.1, -0.05) is 63.4 Å². The normalized spacial score (nSPS) is 16.2. The van der Waals surface area contributed by atoms with Crippen molar-refractivity contribution in [2.45, 2.75) is 77.3 Å². The Balaban J connectivity index is 2.01. The zero-order chi connectivity index (χ0) is 18.1. The second kappa shape index (κ2) is 10.2. The zero-order valence-electron chi connectivity index (χ0n) is 15.7. The summed E-state index contributed by atoms with van der Waals surface area (Å²) in [5.41, 5.74) is 1.19. The first kappa shape index (κ1) is 19.5. The molecule has 0 bridgehead atoms. The van der Waals surface area contributed by atoms with Crippen LogP contribution in [0.5, 0.6) is 0 Å². The first-order valence-electron chi connectivity index (χ1n) is 9.79. The van der Waals surface area contributed by atoms with Crippen molar-refractivity contribution in [2.75, 3.05) is 6.54 Å². The van der Waals surface area contributed by atoms with Crippen LogP contribution >= 0.6 is 0 Å². The molecule has 4 nitrogen and oxygen atoms in total. The molecule has 1 aromatic carbocycles. The molecule has 0 aromatic heterocycles. The van der Waals surface area contributed by atoms with Crippen molar-refractivity contribution in [1.29, 1.82) is 0 Å². The van der Waals surface area contributed by atoms with Crippen molar-refractivity contribution in [3.8, 4) is 0 Å². The molecule has 138 valence electrons. The third kappa shape index (κ3) is 5.87. The van der Waals surface area contributed by atoms with Gasteiger partial charge in [0.05, 0.1) is 0 Å². The Morgan fingerprint density at radius 3 is 2.40 bits per heavy atom. The van der Waals surface area contributed by atoms with Gasteiger partial charge in [-0.3, -0.25) is 9.59 Å². The fourth-order valence-electron chi connectivity index (χ4n) is 3.64. The highest BCUT2D eigenvalue weighted by Crippen LogP contribution is 2.18. The first-order chi connectivity index (χ1) is 12.2. The predicted molar refractivity (Wildman–Crippen MR) is 101 cm³/mol. The maximum absolute atomic E-state index is 12.8. The summed E-state index contributed by atoms with van der Waals surface area (Å²) in [6.07, 6.45) is 7.63. The molecule has 0 radical (unpaired) electrons. The van der Waals surface area contributed by atoms with Gasteiger partial charge in [-0.15, -0.1) is 0 Å². The van der Waals surface area contributed by atoms with E-state index in [1.54, 1.807) is 4.90 Å². The summed E-state index contributed by atoms with van der Waals surface area (Å²) in [6, 6.07) is 10.1. The third-order valence-corrected chi connectivity index (χ3v) is 5.12. The van der Waals surface area contributed by atoms with Crippen LogP contribution in [0.25, 0.3) is 0 Å². The molecule has 1 atom stereocenters. The second-order valence-corrected chi connectivity index (χ2v) is 6.94. The summed E-state index contributed by atoms with van der Waals surface area (Å²) >= 11 is 0. The van der Waals surface area contributed by atoms with Gasteiger partial charge >= 0.3 is 0 Å². The maximum Gasteiger partial charge on any atom is 0.243 e. The molecule has 1 N–H and O–H groups in total. The van der Waals surface area contributed by atoms with E-state index in [1.165, 1.54) is 24.8 Å². The standard InChI is InChI=1S/C21H32N2O2/c1-3-19(21(25)22-18-13-9-6-10-14-18)23(20(24)4-2)16-15-17-11-7-5-8-12-17/h5,7-8,11-12,18-19H,3-4,6,9-10,13-16H2,1-2H3,(H,22,25)/t19-/m1/s1. The van der Waals surface area contributed by atoms with Gasteiger partial charge in [-0.2, -0.15) is 0 Å². The minimum atomic E-state index is -0.363. The van der Waals surface area contributed by atoms with Crippen molar-refractivity contribution in [3.05, 3.63) is 35.9 Å². The maximum atomic E-state index is 12.8. The minimum absolute atomic E-state index is 0.0178.